The lowest BCUT2D eigenvalue weighted by molar-refractivity contribution is 0.0528. The molecule has 0 fully saturated rings. The lowest BCUT2D eigenvalue weighted by atomic mass is 9.97. The van der Waals surface area contributed by atoms with Gasteiger partial charge in [-0.2, -0.15) is 0 Å². The van der Waals surface area contributed by atoms with E-state index in [0.717, 1.165) is 21.7 Å². The summed E-state index contributed by atoms with van der Waals surface area (Å²) < 4.78 is 32.4. The van der Waals surface area contributed by atoms with E-state index in [-0.39, 0.29) is 29.1 Å². The molecule has 0 unspecified atom stereocenters. The molecule has 3 rings (SSSR count). The van der Waals surface area contributed by atoms with Gasteiger partial charge in [-0.05, 0) is 64.0 Å². The summed E-state index contributed by atoms with van der Waals surface area (Å²) in [5.74, 6) is -1.03. The number of aryl methyl sites for hydroxylation is 1. The number of fused-ring (bicyclic) bond motifs is 1. The van der Waals surface area contributed by atoms with Crippen LogP contribution in [0.15, 0.2) is 47.5 Å². The molecule has 1 aromatic carbocycles. The Balaban J connectivity index is 1.96. The molecule has 2 aromatic rings. The van der Waals surface area contributed by atoms with E-state index in [1.54, 1.807) is 32.9 Å². The first kappa shape index (κ1) is 22.5. The van der Waals surface area contributed by atoms with Crippen LogP contribution >= 0.6 is 0 Å². The van der Waals surface area contributed by atoms with Crippen molar-refractivity contribution in [2.75, 3.05) is 6.54 Å². The molecule has 1 amide bonds. The Bertz CT molecular complexity index is 1180. The Labute approximate surface area is 181 Å². The molecule has 1 aliphatic rings. The second kappa shape index (κ2) is 8.14. The van der Waals surface area contributed by atoms with Crippen molar-refractivity contribution in [2.24, 2.45) is 0 Å². The molecule has 0 bridgehead atoms. The van der Waals surface area contributed by atoms with Crippen molar-refractivity contribution in [3.8, 4) is 0 Å². The van der Waals surface area contributed by atoms with E-state index in [1.165, 1.54) is 18.3 Å². The average Bonchev–Trinajstić information content (AvgIpc) is 3.05. The van der Waals surface area contributed by atoms with Crippen LogP contribution in [0.1, 0.15) is 52.7 Å². The lowest BCUT2D eigenvalue weighted by Crippen LogP contribution is -2.33. The molecule has 1 N–H and O–H groups in total. The Morgan fingerprint density at radius 3 is 2.29 bits per heavy atom. The van der Waals surface area contributed by atoms with Crippen LogP contribution in [0.2, 0.25) is 0 Å². The molecule has 0 aliphatic heterocycles. The van der Waals surface area contributed by atoms with Gasteiger partial charge in [0.2, 0.25) is 5.78 Å². The highest BCUT2D eigenvalue weighted by molar-refractivity contribution is 7.90. The highest BCUT2D eigenvalue weighted by Gasteiger charge is 2.32. The maximum atomic E-state index is 13.2. The fourth-order valence-corrected chi connectivity index (χ4v) is 4.56. The third kappa shape index (κ3) is 4.77. The number of rotatable bonds is 5. The van der Waals surface area contributed by atoms with Crippen molar-refractivity contribution >= 4 is 27.7 Å². The molecule has 1 heterocycles. The number of alkyl carbamates (subject to hydrolysis) is 1. The van der Waals surface area contributed by atoms with E-state index in [0.29, 0.717) is 5.56 Å². The van der Waals surface area contributed by atoms with Crippen molar-refractivity contribution in [3.63, 3.8) is 0 Å². The zero-order chi connectivity index (χ0) is 23.0. The van der Waals surface area contributed by atoms with Crippen LogP contribution in [0.4, 0.5) is 4.79 Å². The third-order valence-electron chi connectivity index (χ3n) is 4.56. The number of ether oxygens (including phenoxy) is 1. The molecule has 0 radical (unpaired) electrons. The first-order chi connectivity index (χ1) is 14.4. The van der Waals surface area contributed by atoms with Gasteiger partial charge in [0.15, 0.2) is 5.78 Å². The Morgan fingerprint density at radius 1 is 1.06 bits per heavy atom. The van der Waals surface area contributed by atoms with Crippen molar-refractivity contribution in [2.45, 2.75) is 44.6 Å². The molecule has 1 aromatic heterocycles. The topological polar surface area (TPSA) is 112 Å². The second-order valence-corrected chi connectivity index (χ2v) is 10.0. The predicted molar refractivity (Wildman–Crippen MR) is 114 cm³/mol. The highest BCUT2D eigenvalue weighted by atomic mass is 32.2. The molecule has 0 spiro atoms. The van der Waals surface area contributed by atoms with E-state index in [9.17, 15) is 22.8 Å². The number of nitrogens with zero attached hydrogens (tertiary/aromatic N) is 1. The minimum Gasteiger partial charge on any atom is -0.444 e. The number of ketones is 2. The van der Waals surface area contributed by atoms with Crippen LogP contribution < -0.4 is 5.32 Å². The van der Waals surface area contributed by atoms with E-state index in [4.69, 9.17) is 4.74 Å². The molecule has 0 atom stereocenters. The van der Waals surface area contributed by atoms with Gasteiger partial charge in [0.05, 0.1) is 10.5 Å². The highest BCUT2D eigenvalue weighted by Crippen LogP contribution is 2.28. The molecule has 164 valence electrons. The number of nitrogens with one attached hydrogen (secondary N) is 1. The third-order valence-corrected chi connectivity index (χ3v) is 6.23. The number of hydrogen-bond donors (Lipinski definition) is 1. The van der Waals surface area contributed by atoms with E-state index < -0.39 is 33.3 Å². The molecular weight excluding hydrogens is 420 g/mol. The molecule has 31 heavy (non-hydrogen) atoms. The largest absolute Gasteiger partial charge is 0.444 e. The van der Waals surface area contributed by atoms with E-state index in [2.05, 4.69) is 5.32 Å². The summed E-state index contributed by atoms with van der Waals surface area (Å²) >= 11 is 0. The zero-order valence-corrected chi connectivity index (χ0v) is 18.6. The number of carbonyl (C=O) groups excluding carboxylic acids is 3. The number of hydrogen-bond acceptors (Lipinski definition) is 6. The van der Waals surface area contributed by atoms with Crippen molar-refractivity contribution in [1.82, 2.24) is 9.29 Å². The molecule has 1 aliphatic carbocycles. The smallest absolute Gasteiger partial charge is 0.407 e. The molecular formula is C22H24N2O6S. The first-order valence-electron chi connectivity index (χ1n) is 9.70. The van der Waals surface area contributed by atoms with Gasteiger partial charge in [0.1, 0.15) is 11.3 Å². The minimum atomic E-state index is -4.10. The van der Waals surface area contributed by atoms with Crippen LogP contribution in [0.25, 0.3) is 0 Å². The van der Waals surface area contributed by atoms with E-state index >= 15 is 0 Å². The fraction of sp³-hybridized carbons (Fsp3) is 0.318. The molecule has 0 saturated heterocycles. The monoisotopic (exact) mass is 444 g/mol. The summed E-state index contributed by atoms with van der Waals surface area (Å²) in [4.78, 5) is 36.9. The second-order valence-electron chi connectivity index (χ2n) is 8.23. The van der Waals surface area contributed by atoms with Gasteiger partial charge in [-0.25, -0.2) is 17.2 Å². The summed E-state index contributed by atoms with van der Waals surface area (Å²) in [6.45, 7) is 7.12. The van der Waals surface area contributed by atoms with Crippen LogP contribution in [0, 0.1) is 6.92 Å². The number of aromatic nitrogens is 1. The van der Waals surface area contributed by atoms with Crippen LogP contribution in [-0.2, 0) is 21.2 Å². The van der Waals surface area contributed by atoms with Gasteiger partial charge in [-0.15, -0.1) is 0 Å². The standard InChI is InChI=1S/C22H24N2O6S/c1-14-5-7-16(8-6-14)31(28,29)24-13-15(11-12-23-21(27)30-22(2,3)4)19-17(25)9-10-18(26)20(19)24/h5-10,13H,11-12H2,1-4H3,(H,23,27). The van der Waals surface area contributed by atoms with Crippen LogP contribution in [0.3, 0.4) is 0 Å². The minimum absolute atomic E-state index is 0.00383. The summed E-state index contributed by atoms with van der Waals surface area (Å²) in [7, 11) is -4.10. The quantitative estimate of drug-likeness (QED) is 0.759. The summed E-state index contributed by atoms with van der Waals surface area (Å²) in [5, 5.41) is 2.57. The number of carbonyl (C=O) groups is 3. The van der Waals surface area contributed by atoms with Crippen molar-refractivity contribution in [3.05, 3.63) is 65.0 Å². The molecule has 9 heteroatoms. The van der Waals surface area contributed by atoms with Gasteiger partial charge in [0.25, 0.3) is 10.0 Å². The Morgan fingerprint density at radius 2 is 1.68 bits per heavy atom. The predicted octanol–water partition coefficient (Wildman–Crippen LogP) is 3.04. The van der Waals surface area contributed by atoms with Crippen LogP contribution in [0.5, 0.6) is 0 Å². The molecule has 8 nitrogen and oxygen atoms in total. The number of allylic oxidation sites excluding steroid dienone is 2. The average molecular weight is 445 g/mol. The maximum Gasteiger partial charge on any atom is 0.407 e. The van der Waals surface area contributed by atoms with Crippen LogP contribution in [-0.4, -0.2) is 42.2 Å². The van der Waals surface area contributed by atoms with Gasteiger partial charge in [-0.3, -0.25) is 9.59 Å². The van der Waals surface area contributed by atoms with Gasteiger partial charge in [-0.1, -0.05) is 17.7 Å². The maximum absolute atomic E-state index is 13.2. The van der Waals surface area contributed by atoms with Crippen molar-refractivity contribution < 1.29 is 27.5 Å². The van der Waals surface area contributed by atoms with Crippen molar-refractivity contribution in [1.29, 1.82) is 0 Å². The summed E-state index contributed by atoms with van der Waals surface area (Å²) in [6.07, 6.45) is 2.98. The normalized spacial score (nSPS) is 13.8. The number of benzene rings is 1. The summed E-state index contributed by atoms with van der Waals surface area (Å²) in [5.41, 5.74) is 0.414. The van der Waals surface area contributed by atoms with E-state index in [1.807, 2.05) is 6.92 Å². The summed E-state index contributed by atoms with van der Waals surface area (Å²) in [6, 6.07) is 6.21. The Hall–Kier alpha value is -3.20. The first-order valence-corrected chi connectivity index (χ1v) is 11.1. The fourth-order valence-electron chi connectivity index (χ4n) is 3.17. The molecule has 0 saturated carbocycles. The SMILES string of the molecule is Cc1ccc(S(=O)(=O)n2cc(CCNC(=O)OC(C)(C)C)c3c2C(=O)C=CC3=O)cc1. The lowest BCUT2D eigenvalue weighted by Gasteiger charge is -2.19. The Kier molecular flexibility index (Phi) is 5.91. The number of amides is 1. The zero-order valence-electron chi connectivity index (χ0n) is 17.8. The van der Waals surface area contributed by atoms with Gasteiger partial charge in [0, 0.05) is 12.7 Å². The van der Waals surface area contributed by atoms with Gasteiger partial charge < -0.3 is 10.1 Å². The van der Waals surface area contributed by atoms with Gasteiger partial charge >= 0.3 is 6.09 Å².